The fourth-order valence-electron chi connectivity index (χ4n) is 4.19. The number of piperazine rings is 1. The monoisotopic (exact) mass is 535 g/mol. The Morgan fingerprint density at radius 3 is 2.19 bits per heavy atom. The normalized spacial score (nSPS) is 15.4. The number of alkyl halides is 2. The van der Waals surface area contributed by atoms with E-state index in [1.165, 1.54) is 4.31 Å². The van der Waals surface area contributed by atoms with E-state index in [1.807, 2.05) is 6.07 Å². The molecule has 0 bridgehead atoms. The molecule has 2 heterocycles. The summed E-state index contributed by atoms with van der Waals surface area (Å²) in [6.45, 7) is 4.86. The van der Waals surface area contributed by atoms with Gasteiger partial charge in [-0.25, -0.2) is 8.42 Å². The van der Waals surface area contributed by atoms with Gasteiger partial charge < -0.3 is 14.4 Å². The van der Waals surface area contributed by atoms with Crippen molar-refractivity contribution >= 4 is 15.7 Å². The van der Waals surface area contributed by atoms with Crippen molar-refractivity contribution in [3.8, 4) is 11.5 Å². The third kappa shape index (κ3) is 7.31. The summed E-state index contributed by atoms with van der Waals surface area (Å²) in [6, 6.07) is 15.7. The number of sulfonamides is 1. The largest absolute Gasteiger partial charge is 0.415 e. The molecule has 1 aliphatic heterocycles. The molecule has 0 unspecified atom stereocenters. The lowest BCUT2D eigenvalue weighted by Gasteiger charge is -2.35. The van der Waals surface area contributed by atoms with Crippen LogP contribution in [-0.4, -0.2) is 85.1 Å². The molecule has 1 saturated heterocycles. The maximum atomic E-state index is 13.5. The summed E-state index contributed by atoms with van der Waals surface area (Å²) in [5, 5.41) is 16.0. The van der Waals surface area contributed by atoms with Crippen LogP contribution in [0.1, 0.15) is 24.3 Å². The van der Waals surface area contributed by atoms with Crippen LogP contribution in [-0.2, 0) is 16.6 Å². The smallest absolute Gasteiger partial charge is 0.314 e. The standard InChI is InChI=1S/C25H31F2N5O4S/c26-23(27)25-29-28-24(36-25)21-9-7-20(8-10-21)19-32(22-5-2-1-3-6-22)37(34,35)18-16-31-14-12-30(13-15-31)11-4-17-33/h1-3,5-10,23,33H,4,11-19H2. The van der Waals surface area contributed by atoms with Gasteiger partial charge in [0.05, 0.1) is 18.0 Å². The van der Waals surface area contributed by atoms with Crippen molar-refractivity contribution in [3.05, 3.63) is 66.1 Å². The molecule has 12 heteroatoms. The third-order valence-corrected chi connectivity index (χ3v) is 8.01. The number of para-hydroxylation sites is 1. The fourth-order valence-corrected chi connectivity index (χ4v) is 5.69. The Morgan fingerprint density at radius 1 is 0.946 bits per heavy atom. The van der Waals surface area contributed by atoms with Crippen LogP contribution in [0.2, 0.25) is 0 Å². The summed E-state index contributed by atoms with van der Waals surface area (Å²) in [5.74, 6) is -0.785. The molecular formula is C25H31F2N5O4S. The number of aromatic nitrogens is 2. The van der Waals surface area contributed by atoms with Crippen LogP contribution in [0.5, 0.6) is 0 Å². The van der Waals surface area contributed by atoms with E-state index >= 15 is 0 Å². The van der Waals surface area contributed by atoms with Gasteiger partial charge in [0, 0.05) is 51.4 Å². The van der Waals surface area contributed by atoms with E-state index in [9.17, 15) is 17.2 Å². The number of benzene rings is 2. The first-order chi connectivity index (χ1) is 17.9. The van der Waals surface area contributed by atoms with E-state index in [2.05, 4.69) is 20.0 Å². The zero-order valence-electron chi connectivity index (χ0n) is 20.4. The summed E-state index contributed by atoms with van der Waals surface area (Å²) in [6.07, 6.45) is -2.10. The Labute approximate surface area is 215 Å². The van der Waals surface area contributed by atoms with Gasteiger partial charge in [-0.1, -0.05) is 30.3 Å². The fraction of sp³-hybridized carbons (Fsp3) is 0.440. The van der Waals surface area contributed by atoms with Crippen molar-refractivity contribution in [2.24, 2.45) is 0 Å². The van der Waals surface area contributed by atoms with E-state index in [1.54, 1.807) is 48.5 Å². The second kappa shape index (κ2) is 12.5. The number of rotatable bonds is 12. The summed E-state index contributed by atoms with van der Waals surface area (Å²) in [4.78, 5) is 4.44. The van der Waals surface area contributed by atoms with Crippen molar-refractivity contribution in [2.45, 2.75) is 19.4 Å². The number of aliphatic hydroxyl groups is 1. The quantitative estimate of drug-likeness (QED) is 0.378. The van der Waals surface area contributed by atoms with Crippen LogP contribution in [0.15, 0.2) is 59.0 Å². The van der Waals surface area contributed by atoms with Gasteiger partial charge in [0.2, 0.25) is 15.9 Å². The summed E-state index contributed by atoms with van der Waals surface area (Å²) in [5.41, 5.74) is 1.76. The molecule has 1 aliphatic rings. The van der Waals surface area contributed by atoms with Crippen molar-refractivity contribution in [2.75, 3.05) is 55.9 Å². The van der Waals surface area contributed by atoms with Crippen molar-refractivity contribution in [1.29, 1.82) is 0 Å². The number of hydrogen-bond donors (Lipinski definition) is 1. The lowest BCUT2D eigenvalue weighted by Crippen LogP contribution is -2.48. The highest BCUT2D eigenvalue weighted by molar-refractivity contribution is 7.92. The van der Waals surface area contributed by atoms with E-state index in [0.717, 1.165) is 44.7 Å². The first-order valence-corrected chi connectivity index (χ1v) is 13.8. The Bertz CT molecular complexity index is 1220. The van der Waals surface area contributed by atoms with Gasteiger partial charge in [-0.2, -0.15) is 8.78 Å². The molecule has 3 aromatic rings. The van der Waals surface area contributed by atoms with E-state index in [0.29, 0.717) is 17.8 Å². The van der Waals surface area contributed by atoms with Gasteiger partial charge in [-0.3, -0.25) is 9.21 Å². The second-order valence-corrected chi connectivity index (χ2v) is 10.9. The maximum absolute atomic E-state index is 13.5. The Balaban J connectivity index is 1.43. The minimum Gasteiger partial charge on any atom is -0.415 e. The average Bonchev–Trinajstić information content (AvgIpc) is 3.42. The van der Waals surface area contributed by atoms with Crippen LogP contribution in [0.4, 0.5) is 14.5 Å². The van der Waals surface area contributed by atoms with Crippen molar-refractivity contribution < 1.29 is 26.7 Å². The molecule has 0 atom stereocenters. The number of halogens is 2. The summed E-state index contributed by atoms with van der Waals surface area (Å²) >= 11 is 0. The minimum absolute atomic E-state index is 0.0188. The number of nitrogens with zero attached hydrogens (tertiary/aromatic N) is 5. The lowest BCUT2D eigenvalue weighted by molar-refractivity contribution is 0.116. The molecule has 1 N–H and O–H groups in total. The second-order valence-electron chi connectivity index (χ2n) is 8.86. The number of hydrogen-bond acceptors (Lipinski definition) is 8. The molecule has 1 fully saturated rings. The zero-order chi connectivity index (χ0) is 26.3. The van der Waals surface area contributed by atoms with Crippen LogP contribution in [0, 0.1) is 0 Å². The SMILES string of the molecule is O=S(=O)(CCN1CCN(CCCO)CC1)N(Cc1ccc(-c2nnc(C(F)F)o2)cc1)c1ccccc1. The molecule has 1 aromatic heterocycles. The summed E-state index contributed by atoms with van der Waals surface area (Å²) in [7, 11) is -3.65. The maximum Gasteiger partial charge on any atom is 0.314 e. The number of anilines is 1. The highest BCUT2D eigenvalue weighted by Crippen LogP contribution is 2.25. The van der Waals surface area contributed by atoms with E-state index in [-0.39, 0.29) is 24.8 Å². The Hall–Kier alpha value is -2.93. The van der Waals surface area contributed by atoms with Gasteiger partial charge in [-0.15, -0.1) is 10.2 Å². The molecular weight excluding hydrogens is 504 g/mol. The Kier molecular flexibility index (Phi) is 9.19. The topological polar surface area (TPSA) is 103 Å². The zero-order valence-corrected chi connectivity index (χ0v) is 21.2. The third-order valence-electron chi connectivity index (χ3n) is 6.30. The first-order valence-electron chi connectivity index (χ1n) is 12.2. The molecule has 0 saturated carbocycles. The highest BCUT2D eigenvalue weighted by Gasteiger charge is 2.25. The van der Waals surface area contributed by atoms with E-state index in [4.69, 9.17) is 9.52 Å². The number of aliphatic hydroxyl groups excluding tert-OH is 1. The molecule has 0 spiro atoms. The predicted octanol–water partition coefficient (Wildman–Crippen LogP) is 3.01. The van der Waals surface area contributed by atoms with Gasteiger partial charge in [0.1, 0.15) is 0 Å². The van der Waals surface area contributed by atoms with Crippen LogP contribution >= 0.6 is 0 Å². The van der Waals surface area contributed by atoms with Crippen LogP contribution in [0.3, 0.4) is 0 Å². The molecule has 4 rings (SSSR count). The van der Waals surface area contributed by atoms with Gasteiger partial charge in [0.15, 0.2) is 0 Å². The van der Waals surface area contributed by atoms with Gasteiger partial charge in [0.25, 0.3) is 5.89 Å². The predicted molar refractivity (Wildman–Crippen MR) is 136 cm³/mol. The molecule has 0 aliphatic carbocycles. The molecule has 0 amide bonds. The molecule has 2 aromatic carbocycles. The van der Waals surface area contributed by atoms with Gasteiger partial charge in [-0.05, 0) is 36.2 Å². The average molecular weight is 536 g/mol. The highest BCUT2D eigenvalue weighted by atomic mass is 32.2. The first kappa shape index (κ1) is 27.1. The summed E-state index contributed by atoms with van der Waals surface area (Å²) < 4.78 is 58.9. The van der Waals surface area contributed by atoms with Gasteiger partial charge >= 0.3 is 6.43 Å². The molecule has 9 nitrogen and oxygen atoms in total. The molecule has 0 radical (unpaired) electrons. The lowest BCUT2D eigenvalue weighted by atomic mass is 10.1. The van der Waals surface area contributed by atoms with Crippen molar-refractivity contribution in [1.82, 2.24) is 20.0 Å². The van der Waals surface area contributed by atoms with Crippen molar-refractivity contribution in [3.63, 3.8) is 0 Å². The molecule has 37 heavy (non-hydrogen) atoms. The van der Waals surface area contributed by atoms with Crippen LogP contribution < -0.4 is 4.31 Å². The van der Waals surface area contributed by atoms with E-state index < -0.39 is 22.3 Å². The van der Waals surface area contributed by atoms with Crippen LogP contribution in [0.25, 0.3) is 11.5 Å². The molecule has 200 valence electrons. The minimum atomic E-state index is -3.65. The Morgan fingerprint density at radius 2 is 1.59 bits per heavy atom.